The van der Waals surface area contributed by atoms with Gasteiger partial charge in [-0.3, -0.25) is 0 Å². The number of carboxylic acids is 1. The van der Waals surface area contributed by atoms with Crippen molar-refractivity contribution in [2.45, 2.75) is 11.8 Å². The van der Waals surface area contributed by atoms with Gasteiger partial charge in [0.25, 0.3) is 0 Å². The molecular formula is C11H12O4S. The Balaban J connectivity index is 2.99. The normalized spacial score (nSPS) is 11.1. The first-order valence-corrected chi connectivity index (χ1v) is 6.18. The van der Waals surface area contributed by atoms with Crippen LogP contribution in [0.15, 0.2) is 41.3 Å². The fourth-order valence-electron chi connectivity index (χ4n) is 1.12. The molecule has 16 heavy (non-hydrogen) atoms. The van der Waals surface area contributed by atoms with E-state index in [0.717, 1.165) is 5.56 Å². The lowest BCUT2D eigenvalue weighted by atomic mass is 10.2. The third kappa shape index (κ3) is 2.93. The van der Waals surface area contributed by atoms with Gasteiger partial charge in [-0.25, -0.2) is 13.2 Å². The van der Waals surface area contributed by atoms with Crippen LogP contribution in [0.3, 0.4) is 0 Å². The Morgan fingerprint density at radius 3 is 2.25 bits per heavy atom. The van der Waals surface area contributed by atoms with Crippen LogP contribution >= 0.6 is 0 Å². The summed E-state index contributed by atoms with van der Waals surface area (Å²) in [6.45, 7) is 5.04. The lowest BCUT2D eigenvalue weighted by Crippen LogP contribution is -2.13. The van der Waals surface area contributed by atoms with Crippen molar-refractivity contribution >= 4 is 15.8 Å². The van der Waals surface area contributed by atoms with E-state index in [-0.39, 0.29) is 10.5 Å². The van der Waals surface area contributed by atoms with Gasteiger partial charge in [0.15, 0.2) is 9.84 Å². The average molecular weight is 240 g/mol. The number of hydrogen-bond donors (Lipinski definition) is 1. The molecule has 0 saturated heterocycles. The van der Waals surface area contributed by atoms with E-state index in [2.05, 4.69) is 6.58 Å². The van der Waals surface area contributed by atoms with Crippen LogP contribution in [0.25, 0.3) is 0 Å². The van der Waals surface area contributed by atoms with E-state index in [1.54, 1.807) is 12.1 Å². The van der Waals surface area contributed by atoms with Gasteiger partial charge in [-0.05, 0) is 19.1 Å². The molecule has 0 radical (unpaired) electrons. The van der Waals surface area contributed by atoms with Crippen LogP contribution in [0.1, 0.15) is 5.56 Å². The lowest BCUT2D eigenvalue weighted by Gasteiger charge is -2.04. The molecule has 0 saturated carbocycles. The topological polar surface area (TPSA) is 71.4 Å². The standard InChI is InChI=1S/C11H12O4S/c1-8-3-5-10(6-4-8)16(14,15)7-9(2)11(12)13/h3-6H,2,7H2,1H3,(H,12,13). The number of aliphatic carboxylic acids is 1. The fourth-order valence-corrected chi connectivity index (χ4v) is 2.42. The molecule has 0 aromatic heterocycles. The Labute approximate surface area is 94.1 Å². The van der Waals surface area contributed by atoms with E-state index >= 15 is 0 Å². The molecule has 86 valence electrons. The molecule has 1 aromatic rings. The number of benzene rings is 1. The molecule has 1 aromatic carbocycles. The first-order chi connectivity index (χ1) is 7.33. The molecule has 0 fully saturated rings. The van der Waals surface area contributed by atoms with Crippen molar-refractivity contribution in [1.82, 2.24) is 0 Å². The van der Waals surface area contributed by atoms with Crippen molar-refractivity contribution in [2.24, 2.45) is 0 Å². The molecule has 0 amide bonds. The maximum atomic E-state index is 11.7. The Morgan fingerprint density at radius 2 is 1.81 bits per heavy atom. The van der Waals surface area contributed by atoms with E-state index in [9.17, 15) is 13.2 Å². The Bertz CT molecular complexity index is 511. The van der Waals surface area contributed by atoms with Crippen molar-refractivity contribution < 1.29 is 18.3 Å². The summed E-state index contributed by atoms with van der Waals surface area (Å²) in [5.74, 6) is -1.86. The minimum absolute atomic E-state index is 0.112. The fraction of sp³-hybridized carbons (Fsp3) is 0.182. The van der Waals surface area contributed by atoms with Crippen LogP contribution in [-0.4, -0.2) is 25.2 Å². The molecule has 0 bridgehead atoms. The van der Waals surface area contributed by atoms with Crippen LogP contribution in [0.5, 0.6) is 0 Å². The van der Waals surface area contributed by atoms with Gasteiger partial charge in [0.2, 0.25) is 0 Å². The summed E-state index contributed by atoms with van der Waals surface area (Å²) in [4.78, 5) is 10.6. The summed E-state index contributed by atoms with van der Waals surface area (Å²) in [5.41, 5.74) is 0.608. The van der Waals surface area contributed by atoms with Gasteiger partial charge in [-0.1, -0.05) is 24.3 Å². The van der Waals surface area contributed by atoms with Gasteiger partial charge in [0.1, 0.15) is 0 Å². The average Bonchev–Trinajstić information content (AvgIpc) is 2.17. The molecule has 0 aliphatic carbocycles. The van der Waals surface area contributed by atoms with Crippen molar-refractivity contribution in [2.75, 3.05) is 5.75 Å². The zero-order chi connectivity index (χ0) is 12.3. The highest BCUT2D eigenvalue weighted by atomic mass is 32.2. The largest absolute Gasteiger partial charge is 0.478 e. The smallest absolute Gasteiger partial charge is 0.332 e. The number of aryl methyl sites for hydroxylation is 1. The minimum atomic E-state index is -3.60. The SMILES string of the molecule is C=C(CS(=O)(=O)c1ccc(C)cc1)C(=O)O. The highest BCUT2D eigenvalue weighted by molar-refractivity contribution is 7.91. The van der Waals surface area contributed by atoms with Gasteiger partial charge in [0.05, 0.1) is 10.6 Å². The molecule has 0 aliphatic rings. The van der Waals surface area contributed by atoms with Crippen molar-refractivity contribution in [3.05, 3.63) is 42.0 Å². The first-order valence-electron chi connectivity index (χ1n) is 4.53. The Hall–Kier alpha value is -1.62. The summed E-state index contributed by atoms with van der Waals surface area (Å²) in [6, 6.07) is 6.24. The van der Waals surface area contributed by atoms with E-state index in [0.29, 0.717) is 0 Å². The number of carboxylic acid groups (broad SMARTS) is 1. The number of carbonyl (C=O) groups is 1. The van der Waals surface area contributed by atoms with Crippen LogP contribution in [0.4, 0.5) is 0 Å². The van der Waals surface area contributed by atoms with E-state index in [4.69, 9.17) is 5.11 Å². The van der Waals surface area contributed by atoms with Gasteiger partial charge in [0, 0.05) is 5.57 Å². The molecule has 0 unspecified atom stereocenters. The summed E-state index contributed by atoms with van der Waals surface area (Å²) in [7, 11) is -3.60. The second-order valence-electron chi connectivity index (χ2n) is 3.48. The van der Waals surface area contributed by atoms with Crippen molar-refractivity contribution in [3.63, 3.8) is 0 Å². The van der Waals surface area contributed by atoms with E-state index in [1.807, 2.05) is 6.92 Å². The zero-order valence-corrected chi connectivity index (χ0v) is 9.62. The van der Waals surface area contributed by atoms with E-state index in [1.165, 1.54) is 12.1 Å². The predicted molar refractivity (Wildman–Crippen MR) is 60.0 cm³/mol. The van der Waals surface area contributed by atoms with Crippen LogP contribution in [0, 0.1) is 6.92 Å². The number of sulfone groups is 1. The van der Waals surface area contributed by atoms with Gasteiger partial charge < -0.3 is 5.11 Å². The first kappa shape index (κ1) is 12.4. The quantitative estimate of drug-likeness (QED) is 0.808. The van der Waals surface area contributed by atoms with Gasteiger partial charge >= 0.3 is 5.97 Å². The van der Waals surface area contributed by atoms with Crippen molar-refractivity contribution in [3.8, 4) is 0 Å². The second kappa shape index (κ2) is 4.49. The monoisotopic (exact) mass is 240 g/mol. The molecule has 5 heteroatoms. The van der Waals surface area contributed by atoms with Crippen LogP contribution < -0.4 is 0 Å². The maximum Gasteiger partial charge on any atom is 0.332 e. The third-order valence-corrected chi connectivity index (χ3v) is 3.77. The number of hydrogen-bond acceptors (Lipinski definition) is 3. The van der Waals surface area contributed by atoms with Crippen molar-refractivity contribution in [1.29, 1.82) is 0 Å². The minimum Gasteiger partial charge on any atom is -0.478 e. The lowest BCUT2D eigenvalue weighted by molar-refractivity contribution is -0.132. The highest BCUT2D eigenvalue weighted by Gasteiger charge is 2.18. The van der Waals surface area contributed by atoms with E-state index < -0.39 is 21.6 Å². The van der Waals surface area contributed by atoms with Crippen LogP contribution in [-0.2, 0) is 14.6 Å². The molecule has 0 aliphatic heterocycles. The van der Waals surface area contributed by atoms with Crippen LogP contribution in [0.2, 0.25) is 0 Å². The second-order valence-corrected chi connectivity index (χ2v) is 5.47. The molecule has 0 atom stereocenters. The highest BCUT2D eigenvalue weighted by Crippen LogP contribution is 2.14. The summed E-state index contributed by atoms with van der Waals surface area (Å²) in [5, 5.41) is 8.57. The molecule has 1 N–H and O–H groups in total. The Kier molecular flexibility index (Phi) is 3.49. The Morgan fingerprint density at radius 1 is 1.31 bits per heavy atom. The van der Waals surface area contributed by atoms with Gasteiger partial charge in [-0.2, -0.15) is 0 Å². The molecule has 1 rings (SSSR count). The summed E-state index contributed by atoms with van der Waals surface area (Å²) < 4.78 is 23.5. The number of rotatable bonds is 4. The molecule has 4 nitrogen and oxygen atoms in total. The molecule has 0 heterocycles. The summed E-state index contributed by atoms with van der Waals surface area (Å²) >= 11 is 0. The molecular weight excluding hydrogens is 228 g/mol. The third-order valence-electron chi connectivity index (χ3n) is 2.05. The van der Waals surface area contributed by atoms with Gasteiger partial charge in [-0.15, -0.1) is 0 Å². The summed E-state index contributed by atoms with van der Waals surface area (Å²) in [6.07, 6.45) is 0. The zero-order valence-electron chi connectivity index (χ0n) is 8.80. The predicted octanol–water partition coefficient (Wildman–Crippen LogP) is 1.41. The molecule has 0 spiro atoms. The maximum absolute atomic E-state index is 11.7.